The normalized spacial score (nSPS) is 16.7. The lowest BCUT2D eigenvalue weighted by molar-refractivity contribution is -0.113. The van der Waals surface area contributed by atoms with Crippen molar-refractivity contribution in [2.75, 3.05) is 6.54 Å². The van der Waals surface area contributed by atoms with Gasteiger partial charge in [0, 0.05) is 12.8 Å². The Kier molecular flexibility index (Phi) is 3.19. The lowest BCUT2D eigenvalue weighted by Crippen LogP contribution is -2.04. The number of carbonyl (C=O) groups is 1. The van der Waals surface area contributed by atoms with Gasteiger partial charge in [-0.15, -0.1) is 0 Å². The first-order valence-electron chi connectivity index (χ1n) is 4.17. The number of ketones is 1. The van der Waals surface area contributed by atoms with Crippen molar-refractivity contribution < 1.29 is 9.90 Å². The Morgan fingerprint density at radius 2 is 2.43 bits per heavy atom. The molecule has 1 N–H and O–H groups in total. The molecule has 0 saturated heterocycles. The molecule has 4 heteroatoms. The van der Waals surface area contributed by atoms with Gasteiger partial charge in [0.15, 0.2) is 5.78 Å². The third-order valence-electron chi connectivity index (χ3n) is 1.87. The number of rotatable bonds is 2. The van der Waals surface area contributed by atoms with Gasteiger partial charge >= 0.3 is 0 Å². The van der Waals surface area contributed by atoms with E-state index in [1.165, 1.54) is 6.92 Å². The van der Waals surface area contributed by atoms with Crippen molar-refractivity contribution in [3.63, 3.8) is 0 Å². The molecule has 0 aliphatic carbocycles. The molecule has 1 heterocycles. The fraction of sp³-hybridized carbons (Fsp3) is 0.300. The van der Waals surface area contributed by atoms with Crippen LogP contribution in [0.1, 0.15) is 13.3 Å². The van der Waals surface area contributed by atoms with E-state index in [1.807, 2.05) is 0 Å². The molecule has 14 heavy (non-hydrogen) atoms. The Morgan fingerprint density at radius 1 is 1.71 bits per heavy atom. The van der Waals surface area contributed by atoms with Crippen molar-refractivity contribution in [1.29, 1.82) is 0 Å². The van der Waals surface area contributed by atoms with E-state index >= 15 is 0 Å². The van der Waals surface area contributed by atoms with E-state index in [0.717, 1.165) is 0 Å². The van der Waals surface area contributed by atoms with Gasteiger partial charge in [-0.2, -0.15) is 0 Å². The molecule has 0 spiro atoms. The predicted molar refractivity (Wildman–Crippen MR) is 53.0 cm³/mol. The minimum absolute atomic E-state index is 0.202. The van der Waals surface area contributed by atoms with E-state index in [1.54, 1.807) is 12.3 Å². The molecule has 0 unspecified atom stereocenters. The first kappa shape index (κ1) is 10.2. The van der Waals surface area contributed by atoms with Gasteiger partial charge in [0.1, 0.15) is 5.76 Å². The maximum absolute atomic E-state index is 11.0. The van der Waals surface area contributed by atoms with Gasteiger partial charge in [-0.1, -0.05) is 0 Å². The largest absolute Gasteiger partial charge is 0.519 e. The molecule has 0 amide bonds. The van der Waals surface area contributed by atoms with Crippen LogP contribution >= 0.6 is 0 Å². The second-order valence-electron chi connectivity index (χ2n) is 2.86. The summed E-state index contributed by atoms with van der Waals surface area (Å²) in [5.41, 5.74) is 0.396. The standard InChI is InChI=1S/C10H10N2O2/c1-7(13)9(11-2)10(14)8-3-5-12-6-4-8/h3,5,14H,4,6H2,1H3/b10-9+. The van der Waals surface area contributed by atoms with E-state index in [-0.39, 0.29) is 11.5 Å². The molecule has 1 aliphatic heterocycles. The second kappa shape index (κ2) is 4.38. The molecular formula is C10H10N2O2. The maximum atomic E-state index is 11.0. The number of aliphatic hydroxyl groups excluding tert-OH is 1. The summed E-state index contributed by atoms with van der Waals surface area (Å²) in [6, 6.07) is 0. The van der Waals surface area contributed by atoms with E-state index in [0.29, 0.717) is 18.5 Å². The van der Waals surface area contributed by atoms with Crippen LogP contribution in [0.3, 0.4) is 0 Å². The van der Waals surface area contributed by atoms with Gasteiger partial charge in [0.25, 0.3) is 5.70 Å². The minimum atomic E-state index is -0.416. The van der Waals surface area contributed by atoms with Crippen LogP contribution in [0.5, 0.6) is 0 Å². The SMILES string of the molecule is [C-]#[N+]/C(C(C)=O)=C(/O)C1=CC=NCC1. The summed E-state index contributed by atoms with van der Waals surface area (Å²) in [4.78, 5) is 17.9. The molecule has 1 rings (SSSR count). The first-order chi connectivity index (χ1) is 6.66. The van der Waals surface area contributed by atoms with Crippen molar-refractivity contribution in [3.8, 4) is 0 Å². The zero-order chi connectivity index (χ0) is 10.6. The van der Waals surface area contributed by atoms with Crippen LogP contribution in [0, 0.1) is 6.57 Å². The highest BCUT2D eigenvalue weighted by molar-refractivity contribution is 5.96. The molecule has 0 aromatic heterocycles. The summed E-state index contributed by atoms with van der Waals surface area (Å²) in [5.74, 6) is -0.625. The van der Waals surface area contributed by atoms with Crippen molar-refractivity contribution in [2.24, 2.45) is 4.99 Å². The van der Waals surface area contributed by atoms with E-state index < -0.39 is 5.78 Å². The number of carbonyl (C=O) groups excluding carboxylic acids is 1. The summed E-state index contributed by atoms with van der Waals surface area (Å²) in [6.07, 6.45) is 3.75. The zero-order valence-corrected chi connectivity index (χ0v) is 7.82. The number of hydrogen-bond acceptors (Lipinski definition) is 3. The highest BCUT2D eigenvalue weighted by atomic mass is 16.3. The number of dihydropyridines is 1. The predicted octanol–water partition coefficient (Wildman–Crippen LogP) is 1.67. The number of aliphatic imine (C=N–C) groups is 1. The number of hydrogen-bond donors (Lipinski definition) is 1. The topological polar surface area (TPSA) is 54.0 Å². The Balaban J connectivity index is 3.08. The highest BCUT2D eigenvalue weighted by Gasteiger charge is 2.15. The second-order valence-corrected chi connectivity index (χ2v) is 2.86. The van der Waals surface area contributed by atoms with Crippen LogP contribution in [0.2, 0.25) is 0 Å². The maximum Gasteiger partial charge on any atom is 0.269 e. The average molecular weight is 190 g/mol. The Bertz CT molecular complexity index is 383. The summed E-state index contributed by atoms with van der Waals surface area (Å²) >= 11 is 0. The van der Waals surface area contributed by atoms with Crippen LogP contribution in [-0.4, -0.2) is 23.6 Å². The van der Waals surface area contributed by atoms with Crippen molar-refractivity contribution in [3.05, 3.63) is 34.5 Å². The molecule has 0 atom stereocenters. The van der Waals surface area contributed by atoms with Gasteiger partial charge in [-0.3, -0.25) is 4.99 Å². The number of Topliss-reactive ketones (excluding diaryl/α,β-unsaturated/α-hetero) is 1. The Morgan fingerprint density at radius 3 is 2.86 bits per heavy atom. The third kappa shape index (κ3) is 2.07. The Hall–Kier alpha value is -1.89. The van der Waals surface area contributed by atoms with Crippen LogP contribution in [0.4, 0.5) is 0 Å². The average Bonchev–Trinajstić information content (AvgIpc) is 2.19. The van der Waals surface area contributed by atoms with E-state index in [2.05, 4.69) is 9.84 Å². The molecule has 0 fully saturated rings. The highest BCUT2D eigenvalue weighted by Crippen LogP contribution is 2.18. The van der Waals surface area contributed by atoms with Crippen LogP contribution in [-0.2, 0) is 4.79 Å². The summed E-state index contributed by atoms with van der Waals surface area (Å²) in [6.45, 7) is 8.61. The lowest BCUT2D eigenvalue weighted by atomic mass is 10.1. The zero-order valence-electron chi connectivity index (χ0n) is 7.82. The van der Waals surface area contributed by atoms with Gasteiger partial charge in [0.2, 0.25) is 0 Å². The molecule has 0 aromatic carbocycles. The van der Waals surface area contributed by atoms with Crippen molar-refractivity contribution >= 4 is 12.0 Å². The fourth-order valence-electron chi connectivity index (χ4n) is 1.13. The Labute approximate surface area is 82.1 Å². The molecule has 72 valence electrons. The molecule has 1 aliphatic rings. The fourth-order valence-corrected chi connectivity index (χ4v) is 1.13. The number of aliphatic hydroxyl groups is 1. The number of allylic oxidation sites excluding steroid dienone is 3. The smallest absolute Gasteiger partial charge is 0.269 e. The van der Waals surface area contributed by atoms with Gasteiger partial charge < -0.3 is 9.90 Å². The van der Waals surface area contributed by atoms with Gasteiger partial charge in [-0.05, 0) is 25.0 Å². The summed E-state index contributed by atoms with van der Waals surface area (Å²) in [7, 11) is 0. The molecule has 0 aromatic rings. The van der Waals surface area contributed by atoms with Crippen LogP contribution < -0.4 is 0 Å². The van der Waals surface area contributed by atoms with Crippen molar-refractivity contribution in [1.82, 2.24) is 0 Å². The summed E-state index contributed by atoms with van der Waals surface area (Å²) in [5, 5.41) is 9.62. The molecule has 0 radical (unpaired) electrons. The number of nitrogens with zero attached hydrogens (tertiary/aromatic N) is 2. The molecular weight excluding hydrogens is 180 g/mol. The molecule has 0 saturated carbocycles. The monoisotopic (exact) mass is 190 g/mol. The van der Waals surface area contributed by atoms with E-state index in [9.17, 15) is 9.90 Å². The van der Waals surface area contributed by atoms with Crippen LogP contribution in [0.15, 0.2) is 28.1 Å². The van der Waals surface area contributed by atoms with Crippen LogP contribution in [0.25, 0.3) is 4.85 Å². The van der Waals surface area contributed by atoms with E-state index in [4.69, 9.17) is 6.57 Å². The van der Waals surface area contributed by atoms with Crippen molar-refractivity contribution in [2.45, 2.75) is 13.3 Å². The molecule has 0 bridgehead atoms. The summed E-state index contributed by atoms with van der Waals surface area (Å²) < 4.78 is 0. The lowest BCUT2D eigenvalue weighted by Gasteiger charge is -2.08. The quantitative estimate of drug-likeness (QED) is 0.409. The third-order valence-corrected chi connectivity index (χ3v) is 1.87. The minimum Gasteiger partial charge on any atom is -0.519 e. The van der Waals surface area contributed by atoms with Gasteiger partial charge in [0.05, 0.1) is 6.57 Å². The van der Waals surface area contributed by atoms with Gasteiger partial charge in [-0.25, -0.2) is 4.85 Å². The molecule has 4 nitrogen and oxygen atoms in total. The first-order valence-corrected chi connectivity index (χ1v) is 4.17.